The molecule has 1 N–H and O–H groups in total. The first-order valence-corrected chi connectivity index (χ1v) is 9.28. The molecule has 136 valence electrons. The van der Waals surface area contributed by atoms with Gasteiger partial charge in [0.25, 0.3) is 5.91 Å². The van der Waals surface area contributed by atoms with Gasteiger partial charge in [0, 0.05) is 17.8 Å². The van der Waals surface area contributed by atoms with Crippen molar-refractivity contribution in [3.63, 3.8) is 0 Å². The number of carbonyl (C=O) groups is 2. The highest BCUT2D eigenvalue weighted by atomic mass is 16.4. The van der Waals surface area contributed by atoms with E-state index in [2.05, 4.69) is 5.10 Å². The van der Waals surface area contributed by atoms with Crippen LogP contribution in [0.1, 0.15) is 53.0 Å². The van der Waals surface area contributed by atoms with Crippen LogP contribution in [0.4, 0.5) is 0 Å². The Bertz CT molecular complexity index is 854. The minimum atomic E-state index is -0.923. The van der Waals surface area contributed by atoms with Crippen molar-refractivity contribution in [2.75, 3.05) is 6.54 Å². The number of piperidine rings is 1. The highest BCUT2D eigenvalue weighted by Gasteiger charge is 2.36. The first-order valence-electron chi connectivity index (χ1n) is 9.28. The first-order chi connectivity index (χ1) is 12.6. The smallest absolute Gasteiger partial charge is 0.326 e. The number of aryl methyl sites for hydroxylation is 1. The minimum absolute atomic E-state index is 0.235. The fourth-order valence-electron chi connectivity index (χ4n) is 4.08. The highest BCUT2D eigenvalue weighted by molar-refractivity contribution is 5.96. The van der Waals surface area contributed by atoms with Gasteiger partial charge in [-0.3, -0.25) is 4.79 Å². The van der Waals surface area contributed by atoms with Crippen molar-refractivity contribution in [2.45, 2.75) is 51.5 Å². The SMILES string of the molecule is Cc1ccc(-n2nc(C(=O)N3CCCC[C@@H]3C(=O)O)c3c2CCC3)cc1. The van der Waals surface area contributed by atoms with E-state index in [1.807, 2.05) is 35.9 Å². The zero-order valence-corrected chi connectivity index (χ0v) is 14.9. The summed E-state index contributed by atoms with van der Waals surface area (Å²) in [6, 6.07) is 7.35. The Morgan fingerprint density at radius 2 is 1.88 bits per heavy atom. The quantitative estimate of drug-likeness (QED) is 0.921. The summed E-state index contributed by atoms with van der Waals surface area (Å²) in [6.07, 6.45) is 4.93. The number of aromatic nitrogens is 2. The number of rotatable bonds is 3. The van der Waals surface area contributed by atoms with Gasteiger partial charge in [-0.1, -0.05) is 17.7 Å². The summed E-state index contributed by atoms with van der Waals surface area (Å²) in [5.74, 6) is -1.16. The Morgan fingerprint density at radius 3 is 2.62 bits per heavy atom. The largest absolute Gasteiger partial charge is 0.480 e. The number of carboxylic acids is 1. The standard InChI is InChI=1S/C20H23N3O3/c1-13-8-10-14(11-9-13)23-16-7-4-5-15(16)18(21-23)19(24)22-12-3-2-6-17(22)20(25)26/h8-11,17H,2-7,12H2,1H3,(H,25,26)/t17-/m1/s1. The maximum absolute atomic E-state index is 13.2. The second kappa shape index (κ2) is 6.59. The summed E-state index contributed by atoms with van der Waals surface area (Å²) >= 11 is 0. The van der Waals surface area contributed by atoms with Crippen LogP contribution in [0.5, 0.6) is 0 Å². The molecule has 2 heterocycles. The molecule has 6 heteroatoms. The van der Waals surface area contributed by atoms with Crippen molar-refractivity contribution in [3.8, 4) is 5.69 Å². The van der Waals surface area contributed by atoms with Crippen molar-refractivity contribution < 1.29 is 14.7 Å². The van der Waals surface area contributed by atoms with Crippen molar-refractivity contribution in [2.24, 2.45) is 0 Å². The summed E-state index contributed by atoms with van der Waals surface area (Å²) in [6.45, 7) is 2.52. The van der Waals surface area contributed by atoms with Crippen LogP contribution in [0.25, 0.3) is 5.69 Å². The van der Waals surface area contributed by atoms with Crippen LogP contribution in [0, 0.1) is 6.92 Å². The fourth-order valence-corrected chi connectivity index (χ4v) is 4.08. The van der Waals surface area contributed by atoms with Crippen LogP contribution in [-0.2, 0) is 17.6 Å². The summed E-state index contributed by atoms with van der Waals surface area (Å²) in [5.41, 5.74) is 4.63. The van der Waals surface area contributed by atoms with Gasteiger partial charge in [-0.2, -0.15) is 5.10 Å². The molecule has 2 aromatic rings. The fraction of sp³-hybridized carbons (Fsp3) is 0.450. The summed E-state index contributed by atoms with van der Waals surface area (Å²) in [5, 5.41) is 14.1. The molecular formula is C20H23N3O3. The summed E-state index contributed by atoms with van der Waals surface area (Å²) < 4.78 is 1.87. The van der Waals surface area contributed by atoms with E-state index in [0.29, 0.717) is 18.7 Å². The molecule has 1 aromatic heterocycles. The van der Waals surface area contributed by atoms with E-state index in [0.717, 1.165) is 49.0 Å². The zero-order chi connectivity index (χ0) is 18.3. The van der Waals surface area contributed by atoms with Gasteiger partial charge in [0.1, 0.15) is 6.04 Å². The summed E-state index contributed by atoms with van der Waals surface area (Å²) in [4.78, 5) is 26.2. The number of hydrogen-bond acceptors (Lipinski definition) is 3. The molecule has 1 saturated heterocycles. The lowest BCUT2D eigenvalue weighted by molar-refractivity contribution is -0.143. The lowest BCUT2D eigenvalue weighted by Gasteiger charge is -2.32. The zero-order valence-electron chi connectivity index (χ0n) is 14.9. The molecule has 1 aromatic carbocycles. The Kier molecular flexibility index (Phi) is 4.26. The van der Waals surface area contributed by atoms with E-state index in [-0.39, 0.29) is 5.91 Å². The maximum Gasteiger partial charge on any atom is 0.326 e. The second-order valence-electron chi connectivity index (χ2n) is 7.22. The van der Waals surface area contributed by atoms with E-state index in [1.165, 1.54) is 10.5 Å². The average molecular weight is 353 g/mol. The first kappa shape index (κ1) is 16.8. The van der Waals surface area contributed by atoms with Gasteiger partial charge in [0.2, 0.25) is 0 Å². The van der Waals surface area contributed by atoms with Crippen LogP contribution in [0.2, 0.25) is 0 Å². The molecule has 26 heavy (non-hydrogen) atoms. The second-order valence-corrected chi connectivity index (χ2v) is 7.22. The monoisotopic (exact) mass is 353 g/mol. The van der Waals surface area contributed by atoms with Crippen LogP contribution in [0.15, 0.2) is 24.3 Å². The van der Waals surface area contributed by atoms with Gasteiger partial charge in [0.05, 0.1) is 5.69 Å². The number of benzene rings is 1. The Labute approximate surface area is 152 Å². The Morgan fingerprint density at radius 1 is 1.12 bits per heavy atom. The molecule has 1 atom stereocenters. The van der Waals surface area contributed by atoms with Crippen LogP contribution >= 0.6 is 0 Å². The molecule has 4 rings (SSSR count). The minimum Gasteiger partial charge on any atom is -0.480 e. The molecule has 1 aliphatic carbocycles. The predicted octanol–water partition coefficient (Wildman–Crippen LogP) is 2.75. The van der Waals surface area contributed by atoms with E-state index in [1.54, 1.807) is 0 Å². The average Bonchev–Trinajstić information content (AvgIpc) is 3.24. The van der Waals surface area contributed by atoms with E-state index < -0.39 is 12.0 Å². The number of fused-ring (bicyclic) bond motifs is 1. The van der Waals surface area contributed by atoms with Crippen molar-refractivity contribution >= 4 is 11.9 Å². The van der Waals surface area contributed by atoms with E-state index in [9.17, 15) is 14.7 Å². The van der Waals surface area contributed by atoms with Crippen molar-refractivity contribution in [3.05, 3.63) is 46.8 Å². The molecule has 0 unspecified atom stereocenters. The van der Waals surface area contributed by atoms with Gasteiger partial charge in [0.15, 0.2) is 5.69 Å². The number of likely N-dealkylation sites (tertiary alicyclic amines) is 1. The number of nitrogens with zero attached hydrogens (tertiary/aromatic N) is 3. The van der Waals surface area contributed by atoms with Gasteiger partial charge in [-0.25, -0.2) is 9.48 Å². The molecule has 0 spiro atoms. The van der Waals surface area contributed by atoms with Crippen molar-refractivity contribution in [1.82, 2.24) is 14.7 Å². The molecular weight excluding hydrogens is 330 g/mol. The maximum atomic E-state index is 13.2. The molecule has 1 fully saturated rings. The Hall–Kier alpha value is -2.63. The number of hydrogen-bond donors (Lipinski definition) is 1. The molecule has 0 radical (unpaired) electrons. The van der Waals surface area contributed by atoms with Crippen LogP contribution in [-0.4, -0.2) is 44.3 Å². The highest BCUT2D eigenvalue weighted by Crippen LogP contribution is 2.30. The van der Waals surface area contributed by atoms with Gasteiger partial charge in [-0.15, -0.1) is 0 Å². The van der Waals surface area contributed by atoms with Crippen LogP contribution < -0.4 is 0 Å². The molecule has 0 bridgehead atoms. The van der Waals surface area contributed by atoms with E-state index >= 15 is 0 Å². The lowest BCUT2D eigenvalue weighted by atomic mass is 10.0. The lowest BCUT2D eigenvalue weighted by Crippen LogP contribution is -2.48. The molecule has 6 nitrogen and oxygen atoms in total. The molecule has 0 saturated carbocycles. The number of aliphatic carboxylic acids is 1. The third-order valence-corrected chi connectivity index (χ3v) is 5.46. The van der Waals surface area contributed by atoms with Crippen molar-refractivity contribution in [1.29, 1.82) is 0 Å². The number of carboxylic acid groups (broad SMARTS) is 1. The van der Waals surface area contributed by atoms with Gasteiger partial charge >= 0.3 is 5.97 Å². The Balaban J connectivity index is 1.73. The van der Waals surface area contributed by atoms with E-state index in [4.69, 9.17) is 0 Å². The van der Waals surface area contributed by atoms with Gasteiger partial charge < -0.3 is 10.0 Å². The third-order valence-electron chi connectivity index (χ3n) is 5.46. The molecule has 1 aliphatic heterocycles. The summed E-state index contributed by atoms with van der Waals surface area (Å²) in [7, 11) is 0. The topological polar surface area (TPSA) is 75.4 Å². The number of carbonyl (C=O) groups excluding carboxylic acids is 1. The van der Waals surface area contributed by atoms with Gasteiger partial charge in [-0.05, 0) is 57.6 Å². The normalized spacial score (nSPS) is 19.4. The van der Waals surface area contributed by atoms with Crippen LogP contribution in [0.3, 0.4) is 0 Å². The predicted molar refractivity (Wildman–Crippen MR) is 96.6 cm³/mol. The molecule has 2 aliphatic rings. The third kappa shape index (κ3) is 2.79. The molecule has 1 amide bonds. The number of amides is 1.